The highest BCUT2D eigenvalue weighted by Crippen LogP contribution is 2.52. The van der Waals surface area contributed by atoms with Gasteiger partial charge in [-0.3, -0.25) is 0 Å². The lowest BCUT2D eigenvalue weighted by atomic mass is 9.58. The Hall–Kier alpha value is -0.780. The highest BCUT2D eigenvalue weighted by molar-refractivity contribution is 5.63. The zero-order valence-electron chi connectivity index (χ0n) is 23.1. The van der Waals surface area contributed by atoms with Crippen molar-refractivity contribution in [2.24, 2.45) is 0 Å². The van der Waals surface area contributed by atoms with Crippen molar-refractivity contribution >= 4 is 0 Å². The molecule has 0 heteroatoms. The molecule has 1 aromatic rings. The molecule has 0 heterocycles. The second-order valence-electron chi connectivity index (χ2n) is 14.7. The molecule has 0 fully saturated rings. The van der Waals surface area contributed by atoms with Crippen molar-refractivity contribution in [3.8, 4) is 0 Å². The fourth-order valence-corrected chi connectivity index (χ4v) is 5.15. The molecule has 1 rings (SSSR count). The van der Waals surface area contributed by atoms with Crippen LogP contribution in [0.1, 0.15) is 157 Å². The minimum Gasteiger partial charge on any atom is -0.0587 e. The van der Waals surface area contributed by atoms with Gasteiger partial charge in [-0.05, 0) is 66.4 Å². The molecule has 0 amide bonds. The first-order valence-electron chi connectivity index (χ1n) is 11.7. The Morgan fingerprint density at radius 3 is 0.655 bits per heavy atom. The third kappa shape index (κ3) is 5.29. The molecular weight excluding hydrogens is 348 g/mol. The molecule has 0 atom stereocenters. The SMILES string of the molecule is CC(C)c1c(C(C)(C)C)c(C(C)(C)C)c(C(C)(C)C)c(C(C)(C)C)c1C(C)(C)C. The molecule has 0 nitrogen and oxygen atoms in total. The van der Waals surface area contributed by atoms with Gasteiger partial charge >= 0.3 is 0 Å². The lowest BCUT2D eigenvalue weighted by Gasteiger charge is -2.46. The predicted octanol–water partition coefficient (Wildman–Crippen LogP) is 9.30. The van der Waals surface area contributed by atoms with Crippen molar-refractivity contribution in [2.75, 3.05) is 0 Å². The minimum atomic E-state index is 0.0841. The second-order valence-corrected chi connectivity index (χ2v) is 14.7. The second kappa shape index (κ2) is 7.42. The molecule has 0 spiro atoms. The van der Waals surface area contributed by atoms with E-state index in [9.17, 15) is 0 Å². The third-order valence-corrected chi connectivity index (χ3v) is 5.87. The Morgan fingerprint density at radius 2 is 0.517 bits per heavy atom. The number of benzene rings is 1. The van der Waals surface area contributed by atoms with E-state index in [-0.39, 0.29) is 27.1 Å². The van der Waals surface area contributed by atoms with Crippen LogP contribution in [-0.4, -0.2) is 0 Å². The van der Waals surface area contributed by atoms with Crippen LogP contribution in [-0.2, 0) is 27.1 Å². The van der Waals surface area contributed by atoms with Gasteiger partial charge in [-0.1, -0.05) is 118 Å². The molecule has 0 aliphatic heterocycles. The molecule has 168 valence electrons. The van der Waals surface area contributed by atoms with Crippen LogP contribution in [0.25, 0.3) is 0 Å². The maximum atomic E-state index is 2.42. The number of hydrogen-bond acceptors (Lipinski definition) is 0. The van der Waals surface area contributed by atoms with Crippen molar-refractivity contribution in [1.82, 2.24) is 0 Å². The molecule has 0 aliphatic rings. The lowest BCUT2D eigenvalue weighted by molar-refractivity contribution is 0.451. The Labute approximate surface area is 184 Å². The van der Waals surface area contributed by atoms with E-state index >= 15 is 0 Å². The van der Waals surface area contributed by atoms with Gasteiger partial charge in [0.1, 0.15) is 0 Å². The van der Waals surface area contributed by atoms with Crippen molar-refractivity contribution < 1.29 is 0 Å². The maximum absolute atomic E-state index is 2.42. The Morgan fingerprint density at radius 1 is 0.345 bits per heavy atom. The van der Waals surface area contributed by atoms with E-state index in [1.165, 1.54) is 0 Å². The summed E-state index contributed by atoms with van der Waals surface area (Å²) >= 11 is 0. The average Bonchev–Trinajstić information content (AvgIpc) is 2.38. The molecule has 0 saturated carbocycles. The van der Waals surface area contributed by atoms with Crippen molar-refractivity contribution in [3.05, 3.63) is 33.4 Å². The molecule has 29 heavy (non-hydrogen) atoms. The van der Waals surface area contributed by atoms with Crippen LogP contribution in [0.15, 0.2) is 0 Å². The van der Waals surface area contributed by atoms with Gasteiger partial charge in [0.15, 0.2) is 0 Å². The normalized spacial score (nSPS) is 14.7. The Kier molecular flexibility index (Phi) is 6.72. The number of hydrogen-bond donors (Lipinski definition) is 0. The first-order chi connectivity index (χ1) is 12.4. The predicted molar refractivity (Wildman–Crippen MR) is 134 cm³/mol. The van der Waals surface area contributed by atoms with Gasteiger partial charge in [-0.2, -0.15) is 0 Å². The topological polar surface area (TPSA) is 0 Å². The molecule has 0 radical (unpaired) electrons. The largest absolute Gasteiger partial charge is 0.0587 e. The van der Waals surface area contributed by atoms with Gasteiger partial charge in [-0.25, -0.2) is 0 Å². The van der Waals surface area contributed by atoms with Crippen LogP contribution < -0.4 is 0 Å². The quantitative estimate of drug-likeness (QED) is 0.440. The zero-order chi connectivity index (χ0) is 23.5. The van der Waals surface area contributed by atoms with Crippen molar-refractivity contribution in [2.45, 2.75) is 151 Å². The fourth-order valence-electron chi connectivity index (χ4n) is 5.15. The van der Waals surface area contributed by atoms with E-state index < -0.39 is 0 Å². The van der Waals surface area contributed by atoms with Gasteiger partial charge in [0.05, 0.1) is 0 Å². The molecule has 0 saturated heterocycles. The summed E-state index contributed by atoms with van der Waals surface area (Å²) in [7, 11) is 0. The van der Waals surface area contributed by atoms with Gasteiger partial charge in [0.2, 0.25) is 0 Å². The maximum Gasteiger partial charge on any atom is -0.0126 e. The van der Waals surface area contributed by atoms with E-state index in [1.807, 2.05) is 0 Å². The fraction of sp³-hybridized carbons (Fsp3) is 0.793. The standard InChI is InChI=1S/C29H52/c1-18(2)19-20(25(3,4)5)22(27(9,10)11)24(29(15,16)17)23(28(12,13)14)21(19)26(6,7)8/h18H,1-17H3. The highest BCUT2D eigenvalue weighted by atomic mass is 14.5. The van der Waals surface area contributed by atoms with E-state index in [2.05, 4.69) is 118 Å². The molecule has 0 aliphatic carbocycles. The molecule has 0 aromatic heterocycles. The third-order valence-electron chi connectivity index (χ3n) is 5.87. The van der Waals surface area contributed by atoms with Crippen LogP contribution in [0.2, 0.25) is 0 Å². The first kappa shape index (κ1) is 26.3. The summed E-state index contributed by atoms with van der Waals surface area (Å²) in [5, 5.41) is 0. The number of rotatable bonds is 1. The average molecular weight is 401 g/mol. The summed E-state index contributed by atoms with van der Waals surface area (Å²) in [6.07, 6.45) is 0. The summed E-state index contributed by atoms with van der Waals surface area (Å²) in [4.78, 5) is 0. The zero-order valence-corrected chi connectivity index (χ0v) is 23.1. The first-order valence-corrected chi connectivity index (χ1v) is 11.7. The van der Waals surface area contributed by atoms with Crippen LogP contribution in [0.4, 0.5) is 0 Å². The van der Waals surface area contributed by atoms with Crippen molar-refractivity contribution in [3.63, 3.8) is 0 Å². The molecule has 0 bridgehead atoms. The Balaban J connectivity index is 4.76. The summed E-state index contributed by atoms with van der Waals surface area (Å²) in [6.45, 7) is 41.0. The summed E-state index contributed by atoms with van der Waals surface area (Å²) < 4.78 is 0. The van der Waals surface area contributed by atoms with E-state index in [0.717, 1.165) is 0 Å². The van der Waals surface area contributed by atoms with Crippen molar-refractivity contribution in [1.29, 1.82) is 0 Å². The van der Waals surface area contributed by atoms with E-state index in [0.29, 0.717) is 5.92 Å². The lowest BCUT2D eigenvalue weighted by Crippen LogP contribution is -2.37. The summed E-state index contributed by atoms with van der Waals surface area (Å²) in [5.74, 6) is 0.495. The minimum absolute atomic E-state index is 0.0841. The highest BCUT2D eigenvalue weighted by Gasteiger charge is 2.42. The Bertz CT molecular complexity index is 683. The van der Waals surface area contributed by atoms with E-state index in [1.54, 1.807) is 33.4 Å². The van der Waals surface area contributed by atoms with Crippen LogP contribution in [0, 0.1) is 0 Å². The van der Waals surface area contributed by atoms with Crippen LogP contribution in [0.5, 0.6) is 0 Å². The summed E-state index contributed by atoms with van der Waals surface area (Å²) in [5.41, 5.74) is 10.0. The van der Waals surface area contributed by atoms with Gasteiger partial charge in [-0.15, -0.1) is 0 Å². The smallest absolute Gasteiger partial charge is 0.0126 e. The van der Waals surface area contributed by atoms with Crippen LogP contribution in [0.3, 0.4) is 0 Å². The van der Waals surface area contributed by atoms with Gasteiger partial charge in [0, 0.05) is 0 Å². The van der Waals surface area contributed by atoms with Crippen LogP contribution >= 0.6 is 0 Å². The monoisotopic (exact) mass is 400 g/mol. The molecule has 1 aromatic carbocycles. The van der Waals surface area contributed by atoms with Gasteiger partial charge < -0.3 is 0 Å². The molecule has 0 unspecified atom stereocenters. The molecule has 0 N–H and O–H groups in total. The van der Waals surface area contributed by atoms with E-state index in [4.69, 9.17) is 0 Å². The summed E-state index contributed by atoms with van der Waals surface area (Å²) in [6, 6.07) is 0. The van der Waals surface area contributed by atoms with Gasteiger partial charge in [0.25, 0.3) is 0 Å². The molecular formula is C29H52.